The van der Waals surface area contributed by atoms with Gasteiger partial charge in [-0.15, -0.1) is 0 Å². The molecule has 1 N–H and O–H groups in total. The monoisotopic (exact) mass is 468 g/mol. The van der Waals surface area contributed by atoms with Crippen LogP contribution in [-0.2, 0) is 14.3 Å². The first-order chi connectivity index (χ1) is 15.9. The van der Waals surface area contributed by atoms with Gasteiger partial charge in [0.15, 0.2) is 0 Å². The summed E-state index contributed by atoms with van der Waals surface area (Å²) in [5, 5.41) is 9.53. The first-order valence-corrected chi connectivity index (χ1v) is 13.7. The number of rotatable bonds is 6. The third-order valence-electron chi connectivity index (χ3n) is 12.4. The quantitative estimate of drug-likeness (QED) is 0.339. The Morgan fingerprint density at radius 1 is 1.21 bits per heavy atom. The maximum atomic E-state index is 12.3. The molecule has 0 radical (unpaired) electrons. The van der Waals surface area contributed by atoms with E-state index in [1.807, 2.05) is 6.92 Å². The molecule has 0 bridgehead atoms. The summed E-state index contributed by atoms with van der Waals surface area (Å²) >= 11 is 0. The Kier molecular flexibility index (Phi) is 5.47. The van der Waals surface area contributed by atoms with Gasteiger partial charge in [0.25, 0.3) is 0 Å². The molecule has 0 aromatic heterocycles. The van der Waals surface area contributed by atoms with Crippen molar-refractivity contribution in [2.24, 2.45) is 45.3 Å². The fraction of sp³-hybridized carbons (Fsp3) is 0.800. The molecule has 9 atom stereocenters. The SMILES string of the molecule is C=C(C)[C@@H]1CC[C@H]2[C@]3(CC[C@]4(C)[C@@H]([C@H](C)[C@H]5CC=C(C)C(=O)O5)CC[C@@]24C)C[C@@]13CCC(=O)O. The van der Waals surface area contributed by atoms with Crippen LogP contribution in [0.25, 0.3) is 0 Å². The molecule has 0 unspecified atom stereocenters. The number of fused-ring (bicyclic) bond motifs is 2. The van der Waals surface area contributed by atoms with E-state index in [9.17, 15) is 14.7 Å². The molecule has 4 saturated carbocycles. The molecular formula is C30H44O4. The minimum Gasteiger partial charge on any atom is -0.481 e. The van der Waals surface area contributed by atoms with Crippen LogP contribution in [0.15, 0.2) is 23.8 Å². The summed E-state index contributed by atoms with van der Waals surface area (Å²) in [4.78, 5) is 23.9. The van der Waals surface area contributed by atoms with Crippen molar-refractivity contribution in [2.75, 3.05) is 0 Å². The van der Waals surface area contributed by atoms with E-state index >= 15 is 0 Å². The van der Waals surface area contributed by atoms with Crippen molar-refractivity contribution in [2.45, 2.75) is 105 Å². The fourth-order valence-corrected chi connectivity index (χ4v) is 10.4. The number of cyclic esters (lactones) is 1. The van der Waals surface area contributed by atoms with E-state index in [4.69, 9.17) is 4.74 Å². The molecule has 4 aliphatic carbocycles. The van der Waals surface area contributed by atoms with E-state index in [0.717, 1.165) is 24.8 Å². The first kappa shape index (κ1) is 24.1. The predicted octanol–water partition coefficient (Wildman–Crippen LogP) is 6.94. The third-order valence-corrected chi connectivity index (χ3v) is 12.4. The average molecular weight is 469 g/mol. The van der Waals surface area contributed by atoms with Crippen molar-refractivity contribution in [1.82, 2.24) is 0 Å². The normalized spacial score (nSPS) is 48.0. The molecule has 4 fully saturated rings. The summed E-state index contributed by atoms with van der Waals surface area (Å²) in [7, 11) is 0. The minimum atomic E-state index is -0.660. The number of carbonyl (C=O) groups is 2. The lowest BCUT2D eigenvalue weighted by Gasteiger charge is -2.61. The topological polar surface area (TPSA) is 63.6 Å². The second-order valence-corrected chi connectivity index (χ2v) is 13.3. The van der Waals surface area contributed by atoms with Crippen LogP contribution in [0.1, 0.15) is 98.8 Å². The zero-order valence-electron chi connectivity index (χ0n) is 21.9. The van der Waals surface area contributed by atoms with E-state index in [1.165, 1.54) is 44.1 Å². The van der Waals surface area contributed by atoms with Crippen molar-refractivity contribution < 1.29 is 19.4 Å². The Morgan fingerprint density at radius 3 is 2.59 bits per heavy atom. The highest BCUT2D eigenvalue weighted by atomic mass is 16.5. The molecule has 4 heteroatoms. The summed E-state index contributed by atoms with van der Waals surface area (Å²) in [6.07, 6.45) is 12.5. The van der Waals surface area contributed by atoms with Crippen molar-refractivity contribution in [1.29, 1.82) is 0 Å². The van der Waals surface area contributed by atoms with Crippen molar-refractivity contribution in [3.63, 3.8) is 0 Å². The molecule has 1 aliphatic heterocycles. The number of esters is 1. The number of aliphatic carboxylic acids is 1. The first-order valence-electron chi connectivity index (χ1n) is 13.7. The van der Waals surface area contributed by atoms with Crippen molar-refractivity contribution >= 4 is 11.9 Å². The molecular weight excluding hydrogens is 424 g/mol. The highest BCUT2D eigenvalue weighted by Crippen LogP contribution is 2.87. The lowest BCUT2D eigenvalue weighted by atomic mass is 9.43. The van der Waals surface area contributed by atoms with Crippen LogP contribution in [0.2, 0.25) is 0 Å². The number of carboxylic acids is 1. The Bertz CT molecular complexity index is 949. The smallest absolute Gasteiger partial charge is 0.333 e. The lowest BCUT2D eigenvalue weighted by molar-refractivity contribution is -0.155. The Morgan fingerprint density at radius 2 is 1.94 bits per heavy atom. The molecule has 0 aromatic rings. The molecule has 188 valence electrons. The second-order valence-electron chi connectivity index (χ2n) is 13.3. The largest absolute Gasteiger partial charge is 0.481 e. The maximum absolute atomic E-state index is 12.3. The number of carboxylic acid groups (broad SMARTS) is 1. The van der Waals surface area contributed by atoms with Gasteiger partial charge in [-0.3, -0.25) is 4.79 Å². The Labute approximate surface area is 205 Å². The number of ether oxygens (including phenoxy) is 1. The molecule has 0 amide bonds. The standard InChI is InChI=1S/C30H44O4/c1-18(2)21-8-10-24-28(6)13-11-22(20(4)23-9-7-19(3)26(33)34-23)27(28,5)15-16-30(24)17-29(21,30)14-12-25(31)32/h7,20-24H,1,8-17H2,2-6H3,(H,31,32)/t20-,21-,22+,23+,24+,27+,28-,29-,30-/m0/s1. The third kappa shape index (κ3) is 3.02. The molecule has 4 nitrogen and oxygen atoms in total. The average Bonchev–Trinajstić information content (AvgIpc) is 3.37. The lowest BCUT2D eigenvalue weighted by Crippen LogP contribution is -2.55. The summed E-state index contributed by atoms with van der Waals surface area (Å²) in [6, 6.07) is 0. The van der Waals surface area contributed by atoms with Gasteiger partial charge in [0.2, 0.25) is 0 Å². The number of hydrogen-bond donors (Lipinski definition) is 1. The molecule has 1 spiro atoms. The van der Waals surface area contributed by atoms with E-state index in [1.54, 1.807) is 0 Å². The van der Waals surface area contributed by atoms with Crippen LogP contribution >= 0.6 is 0 Å². The minimum absolute atomic E-state index is 0.00834. The predicted molar refractivity (Wildman–Crippen MR) is 133 cm³/mol. The zero-order valence-corrected chi connectivity index (χ0v) is 21.9. The molecule has 0 saturated heterocycles. The fourth-order valence-electron chi connectivity index (χ4n) is 10.4. The van der Waals surface area contributed by atoms with Gasteiger partial charge in [-0.25, -0.2) is 4.79 Å². The van der Waals surface area contributed by atoms with Crippen molar-refractivity contribution in [3.05, 3.63) is 23.8 Å². The van der Waals surface area contributed by atoms with Gasteiger partial charge in [-0.2, -0.15) is 0 Å². The van der Waals surface area contributed by atoms with Crippen LogP contribution < -0.4 is 0 Å². The van der Waals surface area contributed by atoms with E-state index in [0.29, 0.717) is 29.1 Å². The van der Waals surface area contributed by atoms with Crippen LogP contribution in [-0.4, -0.2) is 23.1 Å². The van der Waals surface area contributed by atoms with Crippen LogP contribution in [0.3, 0.4) is 0 Å². The van der Waals surface area contributed by atoms with E-state index < -0.39 is 5.97 Å². The van der Waals surface area contributed by atoms with Crippen molar-refractivity contribution in [3.8, 4) is 0 Å². The Balaban J connectivity index is 1.43. The second kappa shape index (κ2) is 7.71. The van der Waals surface area contributed by atoms with Crippen LogP contribution in [0.4, 0.5) is 0 Å². The maximum Gasteiger partial charge on any atom is 0.333 e. The summed E-state index contributed by atoms with van der Waals surface area (Å²) in [5.74, 6) is 1.26. The van der Waals surface area contributed by atoms with E-state index in [2.05, 4.69) is 40.3 Å². The molecule has 1 heterocycles. The number of carbonyl (C=O) groups excluding carboxylic acids is 1. The van der Waals surface area contributed by atoms with Gasteiger partial charge in [-0.1, -0.05) is 39.0 Å². The number of allylic oxidation sites excluding steroid dienone is 1. The number of hydrogen-bond acceptors (Lipinski definition) is 3. The van der Waals surface area contributed by atoms with Crippen LogP contribution in [0.5, 0.6) is 0 Å². The Hall–Kier alpha value is -1.58. The van der Waals surface area contributed by atoms with Gasteiger partial charge in [0, 0.05) is 18.4 Å². The molecule has 34 heavy (non-hydrogen) atoms. The van der Waals surface area contributed by atoms with Gasteiger partial charge < -0.3 is 9.84 Å². The summed E-state index contributed by atoms with van der Waals surface area (Å²) < 4.78 is 5.90. The van der Waals surface area contributed by atoms with Gasteiger partial charge in [0.1, 0.15) is 6.10 Å². The summed E-state index contributed by atoms with van der Waals surface area (Å²) in [5.41, 5.74) is 2.95. The van der Waals surface area contributed by atoms with Gasteiger partial charge in [0.05, 0.1) is 0 Å². The van der Waals surface area contributed by atoms with E-state index in [-0.39, 0.29) is 34.7 Å². The highest BCUT2D eigenvalue weighted by Gasteiger charge is 2.80. The van der Waals surface area contributed by atoms with Gasteiger partial charge >= 0.3 is 11.9 Å². The van der Waals surface area contributed by atoms with Crippen LogP contribution in [0, 0.1) is 45.3 Å². The summed E-state index contributed by atoms with van der Waals surface area (Å²) in [6.45, 7) is 15.8. The zero-order chi connectivity index (χ0) is 24.7. The highest BCUT2D eigenvalue weighted by molar-refractivity contribution is 5.88. The van der Waals surface area contributed by atoms with Gasteiger partial charge in [-0.05, 0) is 111 Å². The molecule has 5 rings (SSSR count). The molecule has 5 aliphatic rings. The molecule has 0 aromatic carbocycles.